The number of nitrogens with one attached hydrogen (secondary N) is 1. The molecule has 33 heavy (non-hydrogen) atoms. The van der Waals surface area contributed by atoms with E-state index in [0.717, 1.165) is 39.0 Å². The van der Waals surface area contributed by atoms with E-state index in [0.29, 0.717) is 25.2 Å². The molecule has 4 heterocycles. The van der Waals surface area contributed by atoms with Gasteiger partial charge in [0.25, 0.3) is 0 Å². The maximum Gasteiger partial charge on any atom is 0.248 e. The van der Waals surface area contributed by atoms with E-state index in [1.807, 2.05) is 48.6 Å². The lowest BCUT2D eigenvalue weighted by Crippen LogP contribution is -2.32. The fraction of sp³-hybridized carbons (Fsp3) is 0.333. The molecule has 9 heteroatoms. The lowest BCUT2D eigenvalue weighted by atomic mass is 9.92. The molecule has 4 aromatic rings. The molecule has 4 aromatic heterocycles. The molecule has 0 atom stereocenters. The number of aromatic nitrogens is 6. The maximum absolute atomic E-state index is 13.4. The second-order valence-electron chi connectivity index (χ2n) is 8.86. The Bertz CT molecular complexity index is 1380. The fourth-order valence-corrected chi connectivity index (χ4v) is 4.75. The molecule has 0 amide bonds. The van der Waals surface area contributed by atoms with Gasteiger partial charge in [0, 0.05) is 69.1 Å². The van der Waals surface area contributed by atoms with Gasteiger partial charge in [0.05, 0.1) is 23.6 Å². The number of anilines is 1. The minimum absolute atomic E-state index is 0. The second-order valence-corrected chi connectivity index (χ2v) is 8.86. The summed E-state index contributed by atoms with van der Waals surface area (Å²) in [6.07, 6.45) is 13.0. The van der Waals surface area contributed by atoms with Crippen LogP contribution < -0.4 is 5.32 Å². The van der Waals surface area contributed by atoms with E-state index >= 15 is 0 Å². The monoisotopic (exact) mass is 449 g/mol. The summed E-state index contributed by atoms with van der Waals surface area (Å²) in [5.74, 6) is -2.02. The molecule has 2 aliphatic rings. The van der Waals surface area contributed by atoms with Crippen molar-refractivity contribution in [3.05, 3.63) is 66.0 Å². The van der Waals surface area contributed by atoms with E-state index in [2.05, 4.69) is 37.6 Å². The van der Waals surface area contributed by atoms with Crippen molar-refractivity contribution in [1.29, 1.82) is 0 Å². The van der Waals surface area contributed by atoms with Crippen LogP contribution in [-0.2, 0) is 13.5 Å². The SMILES string of the molecule is Cn1cc(-c2cnn3ccc(C4=CCc5nc(NC6CCC(F)(F)CC6)ncc54)cc23)cn1.[HH]. The molecule has 1 saturated carbocycles. The van der Waals surface area contributed by atoms with Gasteiger partial charge in [-0.3, -0.25) is 4.68 Å². The molecule has 1 N–H and O–H groups in total. The number of pyridine rings is 1. The number of fused-ring (bicyclic) bond motifs is 2. The first kappa shape index (κ1) is 20.0. The van der Waals surface area contributed by atoms with E-state index in [-0.39, 0.29) is 20.3 Å². The van der Waals surface area contributed by atoms with Crippen molar-refractivity contribution < 1.29 is 10.2 Å². The number of hydrogen-bond acceptors (Lipinski definition) is 5. The molecule has 0 bridgehead atoms. The van der Waals surface area contributed by atoms with Gasteiger partial charge in [0.2, 0.25) is 11.9 Å². The first-order chi connectivity index (χ1) is 15.9. The molecular weight excluding hydrogens is 424 g/mol. The topological polar surface area (TPSA) is 72.9 Å². The highest BCUT2D eigenvalue weighted by atomic mass is 19.3. The number of allylic oxidation sites excluding steroid dienone is 1. The minimum atomic E-state index is -2.54. The smallest absolute Gasteiger partial charge is 0.248 e. The minimum Gasteiger partial charge on any atom is -0.351 e. The molecule has 1 fully saturated rings. The molecule has 7 nitrogen and oxygen atoms in total. The largest absolute Gasteiger partial charge is 0.351 e. The van der Waals surface area contributed by atoms with Gasteiger partial charge >= 0.3 is 0 Å². The number of alkyl halides is 2. The quantitative estimate of drug-likeness (QED) is 0.487. The molecule has 0 radical (unpaired) electrons. The fourth-order valence-electron chi connectivity index (χ4n) is 4.75. The molecule has 6 rings (SSSR count). The van der Waals surface area contributed by atoms with Gasteiger partial charge in [0.1, 0.15) is 0 Å². The molecule has 170 valence electrons. The van der Waals surface area contributed by atoms with E-state index < -0.39 is 5.92 Å². The van der Waals surface area contributed by atoms with Crippen molar-refractivity contribution in [2.45, 2.75) is 44.1 Å². The molecule has 0 unspecified atom stereocenters. The third kappa shape index (κ3) is 3.67. The Kier molecular flexibility index (Phi) is 4.53. The van der Waals surface area contributed by atoms with Crippen molar-refractivity contribution in [3.8, 4) is 11.1 Å². The van der Waals surface area contributed by atoms with Crippen molar-refractivity contribution >= 4 is 17.0 Å². The van der Waals surface area contributed by atoms with Crippen LogP contribution >= 0.6 is 0 Å². The van der Waals surface area contributed by atoms with E-state index in [4.69, 9.17) is 0 Å². The van der Waals surface area contributed by atoms with Crippen LogP contribution in [0.3, 0.4) is 0 Å². The van der Waals surface area contributed by atoms with Gasteiger partial charge in [-0.1, -0.05) is 6.08 Å². The highest BCUT2D eigenvalue weighted by Gasteiger charge is 2.35. The van der Waals surface area contributed by atoms with Crippen molar-refractivity contribution in [1.82, 2.24) is 29.4 Å². The summed E-state index contributed by atoms with van der Waals surface area (Å²) < 4.78 is 30.5. The van der Waals surface area contributed by atoms with Crippen LogP contribution in [0.4, 0.5) is 14.7 Å². The summed E-state index contributed by atoms with van der Waals surface area (Å²) in [7, 11) is 1.90. The number of hydrogen-bond donors (Lipinski definition) is 1. The standard InChI is InChI=1S/C24H23F2N7.H2/c1-32-14-16(11-28-32)19-13-29-33-9-6-15(10-22(19)33)18-2-3-21-20(18)12-27-23(31-21)30-17-4-7-24(25,26)8-5-17;/h2,6,9-14,17H,3-5,7-8H2,1H3,(H,27,30,31);1H. The van der Waals surface area contributed by atoms with Crippen LogP contribution in [0.2, 0.25) is 0 Å². The number of nitrogens with zero attached hydrogens (tertiary/aromatic N) is 6. The lowest BCUT2D eigenvalue weighted by Gasteiger charge is -2.28. The van der Waals surface area contributed by atoms with Crippen molar-refractivity contribution in [2.24, 2.45) is 7.05 Å². The number of aryl methyl sites for hydroxylation is 1. The van der Waals surface area contributed by atoms with Crippen LogP contribution in [0.1, 0.15) is 43.9 Å². The Hall–Kier alpha value is -3.62. The summed E-state index contributed by atoms with van der Waals surface area (Å²) in [6, 6.07) is 4.17. The Balaban J connectivity index is 0.00000241. The molecule has 0 aliphatic heterocycles. The van der Waals surface area contributed by atoms with Gasteiger partial charge in [-0.05, 0) is 36.1 Å². The predicted molar refractivity (Wildman–Crippen MR) is 123 cm³/mol. The first-order valence-electron chi connectivity index (χ1n) is 11.1. The summed E-state index contributed by atoms with van der Waals surface area (Å²) in [5, 5.41) is 12.0. The van der Waals surface area contributed by atoms with Crippen LogP contribution in [0.15, 0.2) is 49.2 Å². The molecular formula is C24H25F2N7. The van der Waals surface area contributed by atoms with E-state index in [1.165, 1.54) is 0 Å². The average molecular weight is 450 g/mol. The third-order valence-corrected chi connectivity index (χ3v) is 6.56. The van der Waals surface area contributed by atoms with Gasteiger partial charge in [0.15, 0.2) is 0 Å². The summed E-state index contributed by atoms with van der Waals surface area (Å²) in [5.41, 5.74) is 7.16. The summed E-state index contributed by atoms with van der Waals surface area (Å²) in [6.45, 7) is 0. The second kappa shape index (κ2) is 7.47. The summed E-state index contributed by atoms with van der Waals surface area (Å²) >= 11 is 0. The van der Waals surface area contributed by atoms with Crippen LogP contribution in [0.25, 0.3) is 22.2 Å². The zero-order valence-corrected chi connectivity index (χ0v) is 18.2. The first-order valence-corrected chi connectivity index (χ1v) is 11.1. The Morgan fingerprint density at radius 1 is 1.09 bits per heavy atom. The van der Waals surface area contributed by atoms with E-state index in [1.54, 1.807) is 4.68 Å². The van der Waals surface area contributed by atoms with Crippen molar-refractivity contribution in [2.75, 3.05) is 5.32 Å². The normalized spacial score (nSPS) is 17.8. The predicted octanol–water partition coefficient (Wildman–Crippen LogP) is 4.75. The zero-order chi connectivity index (χ0) is 22.6. The number of rotatable bonds is 4. The van der Waals surface area contributed by atoms with Crippen LogP contribution in [0, 0.1) is 0 Å². The van der Waals surface area contributed by atoms with Gasteiger partial charge in [-0.25, -0.2) is 23.3 Å². The molecule has 0 aromatic carbocycles. The van der Waals surface area contributed by atoms with Crippen molar-refractivity contribution in [3.63, 3.8) is 0 Å². The van der Waals surface area contributed by atoms with E-state index in [9.17, 15) is 8.78 Å². The maximum atomic E-state index is 13.4. The Labute approximate surface area is 190 Å². The van der Waals surface area contributed by atoms with Gasteiger partial charge < -0.3 is 5.32 Å². The highest BCUT2D eigenvalue weighted by molar-refractivity contribution is 5.88. The van der Waals surface area contributed by atoms with Gasteiger partial charge in [-0.15, -0.1) is 0 Å². The summed E-state index contributed by atoms with van der Waals surface area (Å²) in [4.78, 5) is 9.19. The molecule has 2 aliphatic carbocycles. The Morgan fingerprint density at radius 2 is 1.94 bits per heavy atom. The Morgan fingerprint density at radius 3 is 2.73 bits per heavy atom. The lowest BCUT2D eigenvalue weighted by molar-refractivity contribution is -0.0361. The average Bonchev–Trinajstić information content (AvgIpc) is 3.52. The van der Waals surface area contributed by atoms with Crippen LogP contribution in [0.5, 0.6) is 0 Å². The molecule has 0 spiro atoms. The number of halogens is 2. The van der Waals surface area contributed by atoms with Crippen LogP contribution in [-0.4, -0.2) is 41.3 Å². The highest BCUT2D eigenvalue weighted by Crippen LogP contribution is 2.36. The third-order valence-electron chi connectivity index (χ3n) is 6.56. The molecule has 0 saturated heterocycles. The van der Waals surface area contributed by atoms with Gasteiger partial charge in [-0.2, -0.15) is 10.2 Å². The zero-order valence-electron chi connectivity index (χ0n) is 18.2.